The lowest BCUT2D eigenvalue weighted by atomic mass is 10.1. The van der Waals surface area contributed by atoms with Crippen LogP contribution in [0, 0.1) is 55.4 Å². The highest BCUT2D eigenvalue weighted by molar-refractivity contribution is 7.75. The van der Waals surface area contributed by atoms with Gasteiger partial charge in [-0.3, -0.25) is 0 Å². The van der Waals surface area contributed by atoms with Gasteiger partial charge in [0.15, 0.2) is 0 Å². The fourth-order valence-electron chi connectivity index (χ4n) is 6.68. The topological polar surface area (TPSA) is 0 Å². The van der Waals surface area contributed by atoms with Crippen LogP contribution in [0.2, 0.25) is 0 Å². The molecular formula is C39H44P2. The molecule has 1 unspecified atom stereocenters. The molecule has 0 bridgehead atoms. The van der Waals surface area contributed by atoms with Crippen molar-refractivity contribution in [3.63, 3.8) is 0 Å². The first-order chi connectivity index (χ1) is 19.5. The lowest BCUT2D eigenvalue weighted by Gasteiger charge is -2.34. The predicted octanol–water partition coefficient (Wildman–Crippen LogP) is 8.97. The Labute approximate surface area is 251 Å². The van der Waals surface area contributed by atoms with Crippen molar-refractivity contribution < 1.29 is 0 Å². The first-order valence-electron chi connectivity index (χ1n) is 14.8. The summed E-state index contributed by atoms with van der Waals surface area (Å²) >= 11 is 0. The van der Waals surface area contributed by atoms with Crippen molar-refractivity contribution in [2.45, 2.75) is 73.6 Å². The molecule has 210 valence electrons. The number of hydrogen-bond acceptors (Lipinski definition) is 0. The van der Waals surface area contributed by atoms with Crippen LogP contribution in [-0.4, -0.2) is 11.3 Å². The minimum atomic E-state index is -0.621. The summed E-state index contributed by atoms with van der Waals surface area (Å²) in [5, 5.41) is 5.95. The molecule has 2 heteroatoms. The average Bonchev–Trinajstić information content (AvgIpc) is 3.31. The molecule has 0 amide bonds. The monoisotopic (exact) mass is 574 g/mol. The summed E-state index contributed by atoms with van der Waals surface area (Å²) in [5.74, 6) is 0. The molecule has 0 spiro atoms. The standard InChI is InChI=1S/C39H44P2/c1-25-13-26(2)18-34(17-25)40(35-19-27(3)14-28(4)20-35)33(9)38-11-10-12-39(38)41(36-21-29(5)15-30(6)22-36)37-23-31(7)16-32(8)24-37/h10-24,33,39H,1-9H3/t33-,39?/m0/s1. The Kier molecular flexibility index (Phi) is 8.85. The zero-order chi connectivity index (χ0) is 29.4. The van der Waals surface area contributed by atoms with Gasteiger partial charge in [-0.25, -0.2) is 0 Å². The fraction of sp³-hybridized carbons (Fsp3) is 0.282. The largest absolute Gasteiger partial charge is 0.0724 e. The summed E-state index contributed by atoms with van der Waals surface area (Å²) in [6.07, 6.45) is 7.30. The molecule has 0 fully saturated rings. The summed E-state index contributed by atoms with van der Waals surface area (Å²) in [6, 6.07) is 28.8. The average molecular weight is 575 g/mol. The maximum absolute atomic E-state index is 2.50. The van der Waals surface area contributed by atoms with Crippen LogP contribution in [0.25, 0.3) is 0 Å². The first-order valence-corrected chi connectivity index (χ1v) is 17.6. The molecule has 1 aliphatic rings. The first kappa shape index (κ1) is 29.7. The smallest absolute Gasteiger partial charge is 0.0273 e. The van der Waals surface area contributed by atoms with Gasteiger partial charge < -0.3 is 0 Å². The summed E-state index contributed by atoms with van der Waals surface area (Å²) < 4.78 is 0. The van der Waals surface area contributed by atoms with Crippen LogP contribution in [0.4, 0.5) is 0 Å². The minimum absolute atomic E-state index is 0.379. The Morgan fingerprint density at radius 2 is 0.780 bits per heavy atom. The molecular weight excluding hydrogens is 530 g/mol. The van der Waals surface area contributed by atoms with Crippen LogP contribution in [0.1, 0.15) is 51.4 Å². The molecule has 5 rings (SSSR count). The van der Waals surface area contributed by atoms with Gasteiger partial charge in [-0.05, 0) is 92.5 Å². The Bertz CT molecular complexity index is 1470. The SMILES string of the molecule is Cc1cc(C)cc(P(c2cc(C)cc(C)c2)C2C=CC=C2[C@H](C)P(c2cc(C)cc(C)c2)c2cc(C)cc(C)c2)c1. The minimum Gasteiger partial charge on any atom is -0.0724 e. The van der Waals surface area contributed by atoms with E-state index in [1.165, 1.54) is 65.7 Å². The maximum Gasteiger partial charge on any atom is 0.0273 e. The number of aryl methyl sites for hydroxylation is 8. The van der Waals surface area contributed by atoms with Gasteiger partial charge in [0.25, 0.3) is 0 Å². The third-order valence-electron chi connectivity index (χ3n) is 8.01. The molecule has 0 N–H and O–H groups in total. The lowest BCUT2D eigenvalue weighted by molar-refractivity contribution is 1.06. The molecule has 0 aliphatic heterocycles. The normalized spacial score (nSPS) is 15.6. The van der Waals surface area contributed by atoms with Crippen molar-refractivity contribution in [2.24, 2.45) is 0 Å². The van der Waals surface area contributed by atoms with Gasteiger partial charge in [-0.2, -0.15) is 0 Å². The summed E-state index contributed by atoms with van der Waals surface area (Å²) in [7, 11) is -1.22. The summed E-state index contributed by atoms with van der Waals surface area (Å²) in [4.78, 5) is 0. The number of allylic oxidation sites excluding steroid dienone is 4. The maximum atomic E-state index is 2.50. The van der Waals surface area contributed by atoms with Crippen LogP contribution in [-0.2, 0) is 0 Å². The highest BCUT2D eigenvalue weighted by Crippen LogP contribution is 2.53. The fourth-order valence-corrected chi connectivity index (χ4v) is 13.1. The lowest BCUT2D eigenvalue weighted by Crippen LogP contribution is -2.29. The predicted molar refractivity (Wildman–Crippen MR) is 187 cm³/mol. The van der Waals surface area contributed by atoms with E-state index >= 15 is 0 Å². The van der Waals surface area contributed by atoms with E-state index in [1.54, 1.807) is 5.57 Å². The molecule has 4 aromatic rings. The number of benzene rings is 4. The summed E-state index contributed by atoms with van der Waals surface area (Å²) in [5.41, 5.74) is 13.2. The molecule has 2 atom stereocenters. The molecule has 0 radical (unpaired) electrons. The van der Waals surface area contributed by atoms with E-state index in [4.69, 9.17) is 0 Å². The Hall–Kier alpha value is -2.78. The van der Waals surface area contributed by atoms with E-state index in [0.29, 0.717) is 11.3 Å². The Morgan fingerprint density at radius 3 is 1.12 bits per heavy atom. The molecule has 1 aliphatic carbocycles. The molecule has 0 heterocycles. The van der Waals surface area contributed by atoms with Gasteiger partial charge >= 0.3 is 0 Å². The van der Waals surface area contributed by atoms with Crippen molar-refractivity contribution in [3.05, 3.63) is 141 Å². The second-order valence-electron chi connectivity index (χ2n) is 12.3. The second-order valence-corrected chi connectivity index (χ2v) is 17.2. The highest BCUT2D eigenvalue weighted by atomic mass is 31.1. The molecule has 41 heavy (non-hydrogen) atoms. The van der Waals surface area contributed by atoms with E-state index < -0.39 is 15.8 Å². The van der Waals surface area contributed by atoms with E-state index in [2.05, 4.69) is 153 Å². The van der Waals surface area contributed by atoms with Crippen LogP contribution in [0.3, 0.4) is 0 Å². The molecule has 0 nitrogen and oxygen atoms in total. The second kappa shape index (κ2) is 12.2. The van der Waals surface area contributed by atoms with Gasteiger partial charge in [-0.1, -0.05) is 148 Å². The van der Waals surface area contributed by atoms with Gasteiger partial charge in [-0.15, -0.1) is 0 Å². The molecule has 4 aromatic carbocycles. The van der Waals surface area contributed by atoms with E-state index in [0.717, 1.165) is 0 Å². The van der Waals surface area contributed by atoms with Crippen molar-refractivity contribution in [1.82, 2.24) is 0 Å². The van der Waals surface area contributed by atoms with Crippen molar-refractivity contribution in [2.75, 3.05) is 0 Å². The molecule has 0 saturated carbocycles. The zero-order valence-corrected chi connectivity index (χ0v) is 28.0. The van der Waals surface area contributed by atoms with E-state index in [-0.39, 0.29) is 0 Å². The van der Waals surface area contributed by atoms with Crippen molar-refractivity contribution in [3.8, 4) is 0 Å². The molecule has 0 saturated heterocycles. The summed E-state index contributed by atoms with van der Waals surface area (Å²) in [6.45, 7) is 20.5. The van der Waals surface area contributed by atoms with E-state index in [9.17, 15) is 0 Å². The van der Waals surface area contributed by atoms with E-state index in [1.807, 2.05) is 0 Å². The van der Waals surface area contributed by atoms with Crippen LogP contribution < -0.4 is 21.2 Å². The van der Waals surface area contributed by atoms with Crippen LogP contribution in [0.5, 0.6) is 0 Å². The third kappa shape index (κ3) is 6.67. The zero-order valence-electron chi connectivity index (χ0n) is 26.2. The van der Waals surface area contributed by atoms with Gasteiger partial charge in [0.05, 0.1) is 0 Å². The van der Waals surface area contributed by atoms with Crippen molar-refractivity contribution >= 4 is 37.1 Å². The number of rotatable bonds is 7. The van der Waals surface area contributed by atoms with Crippen LogP contribution in [0.15, 0.2) is 96.6 Å². The third-order valence-corrected chi connectivity index (χ3v) is 13.4. The quantitative estimate of drug-likeness (QED) is 0.193. The van der Waals surface area contributed by atoms with Gasteiger partial charge in [0, 0.05) is 11.3 Å². The van der Waals surface area contributed by atoms with Gasteiger partial charge in [0.1, 0.15) is 0 Å². The number of hydrogen-bond donors (Lipinski definition) is 0. The van der Waals surface area contributed by atoms with Crippen molar-refractivity contribution in [1.29, 1.82) is 0 Å². The molecule has 0 aromatic heterocycles. The highest BCUT2D eigenvalue weighted by Gasteiger charge is 2.35. The Morgan fingerprint density at radius 1 is 0.463 bits per heavy atom. The van der Waals surface area contributed by atoms with Gasteiger partial charge in [0.2, 0.25) is 0 Å². The Balaban J connectivity index is 1.66. The van der Waals surface area contributed by atoms with Crippen LogP contribution >= 0.6 is 15.8 Å².